The molecule has 0 saturated carbocycles. The van der Waals surface area contributed by atoms with Crippen LogP contribution in [-0.2, 0) is 6.54 Å². The average Bonchev–Trinajstić information content (AvgIpc) is 2.86. The van der Waals surface area contributed by atoms with Gasteiger partial charge >= 0.3 is 0 Å². The fraction of sp³-hybridized carbons (Fsp3) is 0.615. The maximum atomic E-state index is 11.6. The van der Waals surface area contributed by atoms with Gasteiger partial charge in [-0.05, 0) is 42.8 Å². The number of carbonyl (C=O) groups excluding carboxylic acids is 1. The van der Waals surface area contributed by atoms with Crippen LogP contribution in [0.3, 0.4) is 0 Å². The molecule has 0 aromatic carbocycles. The maximum absolute atomic E-state index is 11.6. The SMILES string of the molecule is CCC1CCCCN1Cc1ccsc1C(=O)NN. The third kappa shape index (κ3) is 2.91. The van der Waals surface area contributed by atoms with Crippen LogP contribution in [0, 0.1) is 0 Å². The Morgan fingerprint density at radius 3 is 3.17 bits per heavy atom. The number of likely N-dealkylation sites (tertiary alicyclic amines) is 1. The van der Waals surface area contributed by atoms with Gasteiger partial charge in [0.1, 0.15) is 0 Å². The molecule has 3 N–H and O–H groups in total. The molecule has 100 valence electrons. The second kappa shape index (κ2) is 6.31. The molecule has 1 amide bonds. The minimum atomic E-state index is -0.176. The van der Waals surface area contributed by atoms with Gasteiger partial charge in [0.15, 0.2) is 0 Å². The summed E-state index contributed by atoms with van der Waals surface area (Å²) < 4.78 is 0. The zero-order valence-electron chi connectivity index (χ0n) is 10.8. The van der Waals surface area contributed by atoms with E-state index in [4.69, 9.17) is 5.84 Å². The van der Waals surface area contributed by atoms with E-state index in [0.717, 1.165) is 23.5 Å². The lowest BCUT2D eigenvalue weighted by Gasteiger charge is -2.35. The molecule has 0 radical (unpaired) electrons. The van der Waals surface area contributed by atoms with Gasteiger partial charge in [-0.25, -0.2) is 5.84 Å². The molecule has 0 aliphatic carbocycles. The number of amides is 1. The maximum Gasteiger partial charge on any atom is 0.275 e. The highest BCUT2D eigenvalue weighted by molar-refractivity contribution is 7.12. The normalized spacial score (nSPS) is 20.9. The molecule has 5 heteroatoms. The first-order valence-electron chi connectivity index (χ1n) is 6.57. The Hall–Kier alpha value is -0.910. The Labute approximate surface area is 112 Å². The highest BCUT2D eigenvalue weighted by atomic mass is 32.1. The predicted molar refractivity (Wildman–Crippen MR) is 74.3 cm³/mol. The molecule has 1 fully saturated rings. The molecule has 2 heterocycles. The molecule has 1 saturated heterocycles. The lowest BCUT2D eigenvalue weighted by molar-refractivity contribution is 0.0952. The van der Waals surface area contributed by atoms with Crippen molar-refractivity contribution in [3.63, 3.8) is 0 Å². The molecule has 0 spiro atoms. The second-order valence-corrected chi connectivity index (χ2v) is 5.69. The number of nitrogen functional groups attached to an aromatic ring is 1. The number of hydrogen-bond acceptors (Lipinski definition) is 4. The topological polar surface area (TPSA) is 58.4 Å². The number of nitrogens with two attached hydrogens (primary N) is 1. The van der Waals surface area contributed by atoms with Gasteiger partial charge in [-0.2, -0.15) is 0 Å². The molecule has 1 aliphatic rings. The van der Waals surface area contributed by atoms with Crippen LogP contribution in [0.2, 0.25) is 0 Å². The van der Waals surface area contributed by atoms with Crippen LogP contribution >= 0.6 is 11.3 Å². The first-order valence-corrected chi connectivity index (χ1v) is 7.45. The largest absolute Gasteiger partial charge is 0.296 e. The second-order valence-electron chi connectivity index (χ2n) is 4.78. The number of thiophene rings is 1. The summed E-state index contributed by atoms with van der Waals surface area (Å²) >= 11 is 1.46. The number of hydrazine groups is 1. The number of piperidine rings is 1. The van der Waals surface area contributed by atoms with E-state index in [9.17, 15) is 4.79 Å². The van der Waals surface area contributed by atoms with Crippen LogP contribution in [0.15, 0.2) is 11.4 Å². The van der Waals surface area contributed by atoms with Crippen molar-refractivity contribution in [2.75, 3.05) is 6.54 Å². The quantitative estimate of drug-likeness (QED) is 0.499. The number of nitrogens with zero attached hydrogens (tertiary/aromatic N) is 1. The molecule has 2 rings (SSSR count). The molecular weight excluding hydrogens is 246 g/mol. The van der Waals surface area contributed by atoms with Crippen LogP contribution in [0.4, 0.5) is 0 Å². The molecule has 1 aliphatic heterocycles. The molecule has 4 nitrogen and oxygen atoms in total. The van der Waals surface area contributed by atoms with Crippen LogP contribution in [0.25, 0.3) is 0 Å². The van der Waals surface area contributed by atoms with E-state index in [-0.39, 0.29) is 5.91 Å². The van der Waals surface area contributed by atoms with E-state index < -0.39 is 0 Å². The number of carbonyl (C=O) groups is 1. The van der Waals surface area contributed by atoms with Crippen molar-refractivity contribution in [1.82, 2.24) is 10.3 Å². The summed E-state index contributed by atoms with van der Waals surface area (Å²) in [6.45, 7) is 4.24. The smallest absolute Gasteiger partial charge is 0.275 e. The van der Waals surface area contributed by atoms with Crippen LogP contribution in [0.5, 0.6) is 0 Å². The zero-order chi connectivity index (χ0) is 13.0. The number of nitrogens with one attached hydrogen (secondary N) is 1. The number of rotatable bonds is 4. The van der Waals surface area contributed by atoms with Gasteiger partial charge < -0.3 is 0 Å². The fourth-order valence-corrected chi connectivity index (χ4v) is 3.49. The van der Waals surface area contributed by atoms with Gasteiger partial charge in [0.25, 0.3) is 5.91 Å². The van der Waals surface area contributed by atoms with E-state index in [1.54, 1.807) is 0 Å². The van der Waals surface area contributed by atoms with Gasteiger partial charge in [0, 0.05) is 12.6 Å². The Kier molecular flexibility index (Phi) is 4.74. The van der Waals surface area contributed by atoms with Crippen molar-refractivity contribution in [2.45, 2.75) is 45.2 Å². The molecule has 18 heavy (non-hydrogen) atoms. The summed E-state index contributed by atoms with van der Waals surface area (Å²) in [6, 6.07) is 2.70. The Bertz CT molecular complexity index is 405. The Balaban J connectivity index is 2.08. The third-order valence-electron chi connectivity index (χ3n) is 3.68. The minimum Gasteiger partial charge on any atom is -0.296 e. The van der Waals surface area contributed by atoms with Crippen molar-refractivity contribution >= 4 is 17.2 Å². The molecule has 1 unspecified atom stereocenters. The summed E-state index contributed by atoms with van der Waals surface area (Å²) in [5.41, 5.74) is 3.32. The average molecular weight is 267 g/mol. The monoisotopic (exact) mass is 267 g/mol. The van der Waals surface area contributed by atoms with Crippen molar-refractivity contribution in [3.8, 4) is 0 Å². The van der Waals surface area contributed by atoms with Crippen molar-refractivity contribution in [1.29, 1.82) is 0 Å². The van der Waals surface area contributed by atoms with E-state index in [2.05, 4.69) is 17.2 Å². The summed E-state index contributed by atoms with van der Waals surface area (Å²) in [5, 5.41) is 1.96. The standard InChI is InChI=1S/C13H21N3OS/c1-2-11-5-3-4-7-16(11)9-10-6-8-18-12(10)13(17)15-14/h6,8,11H,2-5,7,9,14H2,1H3,(H,15,17). The first kappa shape index (κ1) is 13.5. The lowest BCUT2D eigenvalue weighted by Crippen LogP contribution is -2.39. The Morgan fingerprint density at radius 2 is 2.44 bits per heavy atom. The molecule has 1 aromatic rings. The van der Waals surface area contributed by atoms with Crippen molar-refractivity contribution in [3.05, 3.63) is 21.9 Å². The van der Waals surface area contributed by atoms with Gasteiger partial charge in [-0.15, -0.1) is 11.3 Å². The van der Waals surface area contributed by atoms with E-state index in [1.165, 1.54) is 37.0 Å². The highest BCUT2D eigenvalue weighted by Gasteiger charge is 2.22. The van der Waals surface area contributed by atoms with Crippen LogP contribution in [-0.4, -0.2) is 23.4 Å². The van der Waals surface area contributed by atoms with Gasteiger partial charge in [-0.3, -0.25) is 15.1 Å². The van der Waals surface area contributed by atoms with Gasteiger partial charge in [0.2, 0.25) is 0 Å². The fourth-order valence-electron chi connectivity index (χ4n) is 2.67. The summed E-state index contributed by atoms with van der Waals surface area (Å²) in [6.07, 6.45) is 5.05. The summed E-state index contributed by atoms with van der Waals surface area (Å²) in [5.74, 6) is 5.04. The summed E-state index contributed by atoms with van der Waals surface area (Å²) in [4.78, 5) is 14.9. The van der Waals surface area contributed by atoms with Gasteiger partial charge in [-0.1, -0.05) is 13.3 Å². The predicted octanol–water partition coefficient (Wildman–Crippen LogP) is 2.12. The molecule has 0 bridgehead atoms. The van der Waals surface area contributed by atoms with Crippen LogP contribution < -0.4 is 11.3 Å². The van der Waals surface area contributed by atoms with E-state index in [0.29, 0.717) is 6.04 Å². The number of hydrogen-bond donors (Lipinski definition) is 2. The van der Waals surface area contributed by atoms with E-state index >= 15 is 0 Å². The highest BCUT2D eigenvalue weighted by Crippen LogP contribution is 2.25. The minimum absolute atomic E-state index is 0.176. The van der Waals surface area contributed by atoms with Crippen molar-refractivity contribution < 1.29 is 4.79 Å². The van der Waals surface area contributed by atoms with Gasteiger partial charge in [0.05, 0.1) is 4.88 Å². The lowest BCUT2D eigenvalue weighted by atomic mass is 9.99. The zero-order valence-corrected chi connectivity index (χ0v) is 11.6. The third-order valence-corrected chi connectivity index (χ3v) is 4.63. The summed E-state index contributed by atoms with van der Waals surface area (Å²) in [7, 11) is 0. The first-order chi connectivity index (χ1) is 8.76. The Morgan fingerprint density at radius 1 is 1.61 bits per heavy atom. The molecule has 1 aromatic heterocycles. The van der Waals surface area contributed by atoms with Crippen molar-refractivity contribution in [2.24, 2.45) is 5.84 Å². The molecule has 1 atom stereocenters. The molecular formula is C13H21N3OS. The van der Waals surface area contributed by atoms with Crippen LogP contribution in [0.1, 0.15) is 47.8 Å². The van der Waals surface area contributed by atoms with E-state index in [1.807, 2.05) is 11.4 Å².